The summed E-state index contributed by atoms with van der Waals surface area (Å²) >= 11 is 6.83. The van der Waals surface area contributed by atoms with E-state index in [2.05, 4.69) is 16.5 Å². The van der Waals surface area contributed by atoms with Crippen LogP contribution in [0.1, 0.15) is 0 Å². The monoisotopic (exact) mass is 555 g/mol. The fourth-order valence-corrected chi connectivity index (χ4v) is 5.42. The molecule has 1 saturated heterocycles. The Morgan fingerprint density at radius 1 is 1.18 bits per heavy atom. The number of nitrogens with zero attached hydrogens (tertiary/aromatic N) is 5. The number of carbonyl (C=O) groups is 1. The fraction of sp³-hybridized carbons (Fsp3) is 0.200. The molecule has 0 aliphatic carbocycles. The zero-order chi connectivity index (χ0) is 27.8. The van der Waals surface area contributed by atoms with E-state index in [1.54, 1.807) is 40.2 Å². The van der Waals surface area contributed by atoms with E-state index in [0.29, 0.717) is 47.8 Å². The van der Waals surface area contributed by atoms with E-state index in [-0.39, 0.29) is 35.6 Å². The average molecular weight is 556 g/mol. The summed E-state index contributed by atoms with van der Waals surface area (Å²) in [5, 5.41) is 12.6. The maximum atomic E-state index is 13.6. The van der Waals surface area contributed by atoms with E-state index in [1.165, 1.54) is 6.08 Å². The molecule has 1 aliphatic heterocycles. The largest absolute Gasteiger partial charge is 0.508 e. The fourth-order valence-electron chi connectivity index (χ4n) is 5.16. The Kier molecular flexibility index (Phi) is 6.73. The minimum absolute atomic E-state index is 0.0139. The van der Waals surface area contributed by atoms with Crippen molar-refractivity contribution in [1.82, 2.24) is 24.0 Å². The summed E-state index contributed by atoms with van der Waals surface area (Å²) in [7, 11) is 0. The van der Waals surface area contributed by atoms with Crippen LogP contribution in [0.25, 0.3) is 32.9 Å². The Morgan fingerprint density at radius 2 is 2.00 bits per heavy atom. The summed E-state index contributed by atoms with van der Waals surface area (Å²) in [4.78, 5) is 35.9. The molecule has 1 aliphatic rings. The number of imidazole rings is 1. The van der Waals surface area contributed by atoms with Crippen LogP contribution in [0.4, 0.5) is 0 Å². The maximum absolute atomic E-state index is 13.6. The minimum Gasteiger partial charge on any atom is -0.508 e. The van der Waals surface area contributed by atoms with Gasteiger partial charge in [0.1, 0.15) is 12.4 Å². The lowest BCUT2D eigenvalue weighted by Gasteiger charge is -2.39. The number of halogens is 1. The molecule has 1 N–H and O–H groups in total. The summed E-state index contributed by atoms with van der Waals surface area (Å²) in [6.07, 6.45) is 6.46. The lowest BCUT2D eigenvalue weighted by atomic mass is 9.97. The molecule has 1 fully saturated rings. The predicted molar refractivity (Wildman–Crippen MR) is 154 cm³/mol. The number of aromatic nitrogens is 4. The molecule has 0 unspecified atom stereocenters. The van der Waals surface area contributed by atoms with E-state index in [0.717, 1.165) is 16.3 Å². The second kappa shape index (κ2) is 10.5. The third-order valence-electron chi connectivity index (χ3n) is 7.17. The molecule has 3 aromatic carbocycles. The first-order valence-electron chi connectivity index (χ1n) is 12.9. The summed E-state index contributed by atoms with van der Waals surface area (Å²) in [5.41, 5.74) is 2.16. The third kappa shape index (κ3) is 4.80. The molecule has 9 nitrogen and oxygen atoms in total. The van der Waals surface area contributed by atoms with Crippen molar-refractivity contribution in [2.75, 3.05) is 19.7 Å². The Bertz CT molecular complexity index is 1810. The Labute approximate surface area is 234 Å². The van der Waals surface area contributed by atoms with Gasteiger partial charge in [-0.2, -0.15) is 0 Å². The van der Waals surface area contributed by atoms with Crippen LogP contribution in [0.5, 0.6) is 11.6 Å². The van der Waals surface area contributed by atoms with Crippen LogP contribution in [0, 0.1) is 5.92 Å². The molecule has 6 rings (SSSR count). The molecular formula is C30H26ClN5O4. The number of hydrogen-bond acceptors (Lipinski definition) is 6. The molecule has 2 aromatic heterocycles. The summed E-state index contributed by atoms with van der Waals surface area (Å²) in [6.45, 7) is 5.71. The van der Waals surface area contributed by atoms with E-state index >= 15 is 0 Å². The third-order valence-corrected chi connectivity index (χ3v) is 7.49. The number of carbonyl (C=O) groups excluding carboxylic acids is 1. The molecule has 0 spiro atoms. The first-order valence-corrected chi connectivity index (χ1v) is 13.2. The Balaban J connectivity index is 1.43. The molecule has 0 bridgehead atoms. The highest BCUT2D eigenvalue weighted by Crippen LogP contribution is 2.38. The van der Waals surface area contributed by atoms with Gasteiger partial charge in [-0.15, -0.1) is 0 Å². The van der Waals surface area contributed by atoms with Crippen LogP contribution in [0.3, 0.4) is 0 Å². The number of benzene rings is 3. The van der Waals surface area contributed by atoms with Crippen molar-refractivity contribution in [2.24, 2.45) is 5.92 Å². The number of rotatable bonds is 8. The van der Waals surface area contributed by atoms with Crippen molar-refractivity contribution in [1.29, 1.82) is 0 Å². The summed E-state index contributed by atoms with van der Waals surface area (Å²) < 4.78 is 9.37. The van der Waals surface area contributed by atoms with Crippen LogP contribution in [-0.2, 0) is 17.9 Å². The van der Waals surface area contributed by atoms with Gasteiger partial charge in [0.2, 0.25) is 5.91 Å². The molecule has 3 heterocycles. The van der Waals surface area contributed by atoms with Crippen LogP contribution in [0.15, 0.2) is 84.7 Å². The van der Waals surface area contributed by atoms with Gasteiger partial charge in [0, 0.05) is 43.5 Å². The second-order valence-corrected chi connectivity index (χ2v) is 10.2. The van der Waals surface area contributed by atoms with Crippen LogP contribution >= 0.6 is 11.6 Å². The number of ether oxygens (including phenoxy) is 1. The lowest BCUT2D eigenvalue weighted by Crippen LogP contribution is -2.51. The number of phenolic OH excluding ortho intramolecular Hbond substituents is 1. The van der Waals surface area contributed by atoms with Gasteiger partial charge in [0.15, 0.2) is 0 Å². The topological polar surface area (TPSA) is 102 Å². The smallest absolute Gasteiger partial charge is 0.313 e. The van der Waals surface area contributed by atoms with Gasteiger partial charge in [0.05, 0.1) is 28.9 Å². The number of amides is 1. The normalized spacial score (nSPS) is 13.5. The highest BCUT2D eigenvalue weighted by molar-refractivity contribution is 6.34. The zero-order valence-electron chi connectivity index (χ0n) is 21.5. The summed E-state index contributed by atoms with van der Waals surface area (Å²) in [5.74, 6) is 0.0622. The quantitative estimate of drug-likeness (QED) is 0.283. The highest BCUT2D eigenvalue weighted by atomic mass is 35.5. The lowest BCUT2D eigenvalue weighted by molar-refractivity contribution is -0.132. The molecule has 0 saturated carbocycles. The summed E-state index contributed by atoms with van der Waals surface area (Å²) in [6, 6.07) is 14.7. The Hall–Kier alpha value is -4.63. The van der Waals surface area contributed by atoms with E-state index < -0.39 is 0 Å². The molecule has 40 heavy (non-hydrogen) atoms. The number of phenols is 1. The van der Waals surface area contributed by atoms with E-state index in [4.69, 9.17) is 16.3 Å². The zero-order valence-corrected chi connectivity index (χ0v) is 22.3. The number of likely N-dealkylation sites (tertiary alicyclic amines) is 1. The average Bonchev–Trinajstić information content (AvgIpc) is 3.44. The molecule has 0 radical (unpaired) electrons. The SMILES string of the molecule is C=CC(=O)N1CC(Cn2c(=O)c(OCCn3ccnc3)nc3cc(-c4cc(O)cc5ccccc45)c(Cl)cc32)C1. The Morgan fingerprint density at radius 3 is 2.77 bits per heavy atom. The first-order chi connectivity index (χ1) is 19.4. The molecule has 0 atom stereocenters. The van der Waals surface area contributed by atoms with Crippen molar-refractivity contribution in [3.63, 3.8) is 0 Å². The van der Waals surface area contributed by atoms with Gasteiger partial charge >= 0.3 is 5.56 Å². The van der Waals surface area contributed by atoms with Crippen LogP contribution in [-0.4, -0.2) is 54.7 Å². The van der Waals surface area contributed by atoms with E-state index in [1.807, 2.05) is 41.1 Å². The van der Waals surface area contributed by atoms with Crippen LogP contribution in [0.2, 0.25) is 5.02 Å². The van der Waals surface area contributed by atoms with Gasteiger partial charge in [-0.3, -0.25) is 9.59 Å². The van der Waals surface area contributed by atoms with E-state index in [9.17, 15) is 14.7 Å². The van der Waals surface area contributed by atoms with Crippen molar-refractivity contribution < 1.29 is 14.6 Å². The standard InChI is InChI=1S/C30H26ClN5O4/c1-2-28(38)35-15-19(16-35)17-36-27-14-25(31)24(23-12-21(37)11-20-5-3-4-6-22(20)23)13-26(27)33-29(30(36)39)40-10-9-34-8-7-32-18-34/h2-8,11-14,18-19,37H,1,9-10,15-17H2. The molecule has 202 valence electrons. The molecule has 1 amide bonds. The first kappa shape index (κ1) is 25.6. The van der Waals surface area contributed by atoms with Crippen molar-refractivity contribution >= 4 is 39.3 Å². The second-order valence-electron chi connectivity index (χ2n) is 9.83. The number of hydrogen-bond donors (Lipinski definition) is 1. The van der Waals surface area contributed by atoms with Crippen LogP contribution < -0.4 is 10.3 Å². The molecular weight excluding hydrogens is 530 g/mol. The predicted octanol–water partition coefficient (Wildman–Crippen LogP) is 4.50. The van der Waals surface area contributed by atoms with Crippen molar-refractivity contribution in [2.45, 2.75) is 13.1 Å². The highest BCUT2D eigenvalue weighted by Gasteiger charge is 2.30. The van der Waals surface area contributed by atoms with Crippen molar-refractivity contribution in [3.05, 3.63) is 95.3 Å². The molecule has 10 heteroatoms. The van der Waals surface area contributed by atoms with Gasteiger partial charge in [-0.05, 0) is 46.7 Å². The number of aromatic hydroxyl groups is 1. The van der Waals surface area contributed by atoms with Crippen molar-refractivity contribution in [3.8, 4) is 22.8 Å². The van der Waals surface area contributed by atoms with Gasteiger partial charge in [-0.1, -0.05) is 42.4 Å². The van der Waals surface area contributed by atoms with Gasteiger partial charge < -0.3 is 23.9 Å². The maximum Gasteiger partial charge on any atom is 0.313 e. The van der Waals surface area contributed by atoms with Gasteiger partial charge in [-0.25, -0.2) is 9.97 Å². The van der Waals surface area contributed by atoms with Gasteiger partial charge in [0.25, 0.3) is 5.88 Å². The minimum atomic E-state index is -0.363. The molecule has 5 aromatic rings. The number of fused-ring (bicyclic) bond motifs is 2.